The lowest BCUT2D eigenvalue weighted by atomic mass is 9.99. The van der Waals surface area contributed by atoms with Crippen LogP contribution in [0.1, 0.15) is 35.3 Å². The molecule has 5 nitrogen and oxygen atoms in total. The van der Waals surface area contributed by atoms with Gasteiger partial charge >= 0.3 is 5.97 Å². The number of fused-ring (bicyclic) bond motifs is 1. The summed E-state index contributed by atoms with van der Waals surface area (Å²) in [5, 5.41) is 19.4. The van der Waals surface area contributed by atoms with Crippen LogP contribution in [0.5, 0.6) is 0 Å². The summed E-state index contributed by atoms with van der Waals surface area (Å²) < 4.78 is 1.97. The predicted octanol–water partition coefficient (Wildman–Crippen LogP) is 1.89. The van der Waals surface area contributed by atoms with Gasteiger partial charge in [0.25, 0.3) is 0 Å². The van der Waals surface area contributed by atoms with E-state index in [0.717, 1.165) is 25.2 Å². The molecule has 1 aliphatic heterocycles. The van der Waals surface area contributed by atoms with Crippen LogP contribution in [0.4, 0.5) is 0 Å². The van der Waals surface area contributed by atoms with Crippen LogP contribution in [0.2, 0.25) is 0 Å². The number of nitrogens with zero attached hydrogens (tertiary/aromatic N) is 3. The molecule has 0 aliphatic carbocycles. The van der Waals surface area contributed by atoms with Gasteiger partial charge in [-0.2, -0.15) is 0 Å². The molecule has 1 unspecified atom stereocenters. The van der Waals surface area contributed by atoms with Gasteiger partial charge in [-0.05, 0) is 24.3 Å². The summed E-state index contributed by atoms with van der Waals surface area (Å²) in [4.78, 5) is 12.4. The van der Waals surface area contributed by atoms with Crippen molar-refractivity contribution in [3.63, 3.8) is 0 Å². The second kappa shape index (κ2) is 4.53. The van der Waals surface area contributed by atoms with Gasteiger partial charge in [0.15, 0.2) is 0 Å². The molecule has 0 amide bonds. The first-order valence-electron chi connectivity index (χ1n) is 5.93. The minimum absolute atomic E-state index is 0.497. The predicted molar refractivity (Wildman–Crippen MR) is 66.8 cm³/mol. The molecule has 3 rings (SSSR count). The fourth-order valence-corrected chi connectivity index (χ4v) is 3.07. The van der Waals surface area contributed by atoms with Gasteiger partial charge < -0.3 is 9.67 Å². The smallest absolute Gasteiger partial charge is 0.314 e. The van der Waals surface area contributed by atoms with Crippen molar-refractivity contribution in [1.82, 2.24) is 14.8 Å². The Balaban J connectivity index is 1.92. The largest absolute Gasteiger partial charge is 0.481 e. The van der Waals surface area contributed by atoms with E-state index in [1.165, 1.54) is 4.88 Å². The molecule has 18 heavy (non-hydrogen) atoms. The maximum Gasteiger partial charge on any atom is 0.314 e. The highest BCUT2D eigenvalue weighted by Crippen LogP contribution is 2.27. The molecule has 0 spiro atoms. The van der Waals surface area contributed by atoms with Crippen LogP contribution >= 0.6 is 11.3 Å². The Labute approximate surface area is 108 Å². The zero-order valence-corrected chi connectivity index (χ0v) is 10.6. The maximum absolute atomic E-state index is 11.2. The molecule has 94 valence electrons. The van der Waals surface area contributed by atoms with Gasteiger partial charge in [-0.3, -0.25) is 4.79 Å². The minimum Gasteiger partial charge on any atom is -0.481 e. The summed E-state index contributed by atoms with van der Waals surface area (Å²) in [5.74, 6) is 0.188. The van der Waals surface area contributed by atoms with E-state index >= 15 is 0 Å². The standard InChI is InChI=1S/C12H13N3O2S/c16-12(17)9-4-1-5-15-10(13-14-11(9)15)7-8-3-2-6-18-8/h2-3,6,9H,1,4-5,7H2,(H,16,17). The molecule has 2 aromatic rings. The van der Waals surface area contributed by atoms with E-state index in [-0.39, 0.29) is 0 Å². The molecule has 3 heterocycles. The van der Waals surface area contributed by atoms with Crippen molar-refractivity contribution >= 4 is 17.3 Å². The SMILES string of the molecule is O=C(O)C1CCCn2c(Cc3cccs3)nnc21. The lowest BCUT2D eigenvalue weighted by molar-refractivity contribution is -0.139. The van der Waals surface area contributed by atoms with Crippen LogP contribution in [0.3, 0.4) is 0 Å². The van der Waals surface area contributed by atoms with Crippen molar-refractivity contribution in [1.29, 1.82) is 0 Å². The number of hydrogen-bond acceptors (Lipinski definition) is 4. The number of rotatable bonds is 3. The van der Waals surface area contributed by atoms with Crippen molar-refractivity contribution in [2.24, 2.45) is 0 Å². The van der Waals surface area contributed by atoms with E-state index in [1.807, 2.05) is 16.0 Å². The van der Waals surface area contributed by atoms with E-state index in [4.69, 9.17) is 0 Å². The summed E-state index contributed by atoms with van der Waals surface area (Å²) in [6.45, 7) is 0.826. The highest BCUT2D eigenvalue weighted by molar-refractivity contribution is 7.09. The van der Waals surface area contributed by atoms with E-state index in [9.17, 15) is 9.90 Å². The van der Waals surface area contributed by atoms with Crippen LogP contribution in [-0.2, 0) is 17.8 Å². The molecule has 2 aromatic heterocycles. The number of carbonyl (C=O) groups is 1. The normalized spacial score (nSPS) is 18.6. The molecule has 0 radical (unpaired) electrons. The number of thiophene rings is 1. The lowest BCUT2D eigenvalue weighted by Gasteiger charge is -2.20. The first-order chi connectivity index (χ1) is 8.75. The van der Waals surface area contributed by atoms with Gasteiger partial charge in [-0.25, -0.2) is 0 Å². The Bertz CT molecular complexity index is 562. The summed E-state index contributed by atoms with van der Waals surface area (Å²) >= 11 is 1.68. The van der Waals surface area contributed by atoms with Gasteiger partial charge in [0.2, 0.25) is 0 Å². The lowest BCUT2D eigenvalue weighted by Crippen LogP contribution is -2.23. The second-order valence-corrected chi connectivity index (χ2v) is 5.45. The quantitative estimate of drug-likeness (QED) is 0.918. The fourth-order valence-electron chi connectivity index (χ4n) is 2.37. The topological polar surface area (TPSA) is 68.0 Å². The highest BCUT2D eigenvalue weighted by atomic mass is 32.1. The zero-order chi connectivity index (χ0) is 12.5. The Kier molecular flexibility index (Phi) is 2.87. The van der Waals surface area contributed by atoms with E-state index in [1.54, 1.807) is 11.3 Å². The molecule has 1 atom stereocenters. The molecule has 1 N–H and O–H groups in total. The first kappa shape index (κ1) is 11.4. The summed E-state index contributed by atoms with van der Waals surface area (Å²) in [6, 6.07) is 4.07. The number of carboxylic acids is 1. The van der Waals surface area contributed by atoms with Crippen molar-refractivity contribution in [3.05, 3.63) is 34.0 Å². The van der Waals surface area contributed by atoms with Crippen LogP contribution in [0.25, 0.3) is 0 Å². The van der Waals surface area contributed by atoms with Gasteiger partial charge in [0.1, 0.15) is 17.6 Å². The van der Waals surface area contributed by atoms with Gasteiger partial charge in [0, 0.05) is 17.8 Å². The number of aliphatic carboxylic acids is 1. The maximum atomic E-state index is 11.2. The first-order valence-corrected chi connectivity index (χ1v) is 6.81. The van der Waals surface area contributed by atoms with Crippen molar-refractivity contribution in [3.8, 4) is 0 Å². The fraction of sp³-hybridized carbons (Fsp3) is 0.417. The average Bonchev–Trinajstić information content (AvgIpc) is 2.99. The third kappa shape index (κ3) is 1.92. The number of hydrogen-bond donors (Lipinski definition) is 1. The van der Waals surface area contributed by atoms with Crippen LogP contribution in [-0.4, -0.2) is 25.8 Å². The Hall–Kier alpha value is -1.69. The summed E-state index contributed by atoms with van der Waals surface area (Å²) in [5.41, 5.74) is 0. The Morgan fingerprint density at radius 3 is 3.17 bits per heavy atom. The second-order valence-electron chi connectivity index (χ2n) is 4.42. The molecule has 0 saturated heterocycles. The molecule has 0 saturated carbocycles. The molecule has 6 heteroatoms. The molecule has 0 fully saturated rings. The van der Waals surface area contributed by atoms with E-state index in [0.29, 0.717) is 12.2 Å². The van der Waals surface area contributed by atoms with E-state index < -0.39 is 11.9 Å². The van der Waals surface area contributed by atoms with Crippen molar-refractivity contribution in [2.45, 2.75) is 31.7 Å². The monoisotopic (exact) mass is 263 g/mol. The average molecular weight is 263 g/mol. The third-order valence-corrected chi connectivity index (χ3v) is 4.13. The van der Waals surface area contributed by atoms with Crippen LogP contribution in [0.15, 0.2) is 17.5 Å². The van der Waals surface area contributed by atoms with E-state index in [2.05, 4.69) is 16.3 Å². The Morgan fingerprint density at radius 2 is 2.44 bits per heavy atom. The zero-order valence-electron chi connectivity index (χ0n) is 9.74. The number of carboxylic acid groups (broad SMARTS) is 1. The molecule has 0 bridgehead atoms. The summed E-state index contributed by atoms with van der Waals surface area (Å²) in [6.07, 6.45) is 2.27. The molecular formula is C12H13N3O2S. The van der Waals surface area contributed by atoms with Gasteiger partial charge in [-0.15, -0.1) is 21.5 Å². The molecule has 0 aromatic carbocycles. The minimum atomic E-state index is -0.800. The van der Waals surface area contributed by atoms with Gasteiger partial charge in [0.05, 0.1) is 0 Å². The molecule has 1 aliphatic rings. The van der Waals surface area contributed by atoms with Crippen molar-refractivity contribution in [2.75, 3.05) is 0 Å². The van der Waals surface area contributed by atoms with Crippen molar-refractivity contribution < 1.29 is 9.90 Å². The summed E-state index contributed by atoms with van der Waals surface area (Å²) in [7, 11) is 0. The van der Waals surface area contributed by atoms with Crippen LogP contribution in [0, 0.1) is 0 Å². The van der Waals surface area contributed by atoms with Gasteiger partial charge in [-0.1, -0.05) is 6.07 Å². The third-order valence-electron chi connectivity index (χ3n) is 3.25. The Morgan fingerprint density at radius 1 is 1.56 bits per heavy atom. The molecular weight excluding hydrogens is 250 g/mol. The number of aromatic nitrogens is 3. The highest BCUT2D eigenvalue weighted by Gasteiger charge is 2.30. The van der Waals surface area contributed by atoms with Crippen LogP contribution < -0.4 is 0 Å².